The zero-order chi connectivity index (χ0) is 12.7. The molecule has 0 saturated carbocycles. The third-order valence-electron chi connectivity index (χ3n) is 4.19. The van der Waals surface area contributed by atoms with Gasteiger partial charge in [0.25, 0.3) is 0 Å². The molecule has 98 valence electrons. The molecule has 4 unspecified atom stereocenters. The molecule has 2 fully saturated rings. The van der Waals surface area contributed by atoms with E-state index in [2.05, 4.69) is 0 Å². The second-order valence-corrected chi connectivity index (χ2v) is 5.35. The van der Waals surface area contributed by atoms with Gasteiger partial charge in [-0.1, -0.05) is 12.1 Å². The minimum Gasteiger partial charge on any atom is -0.375 e. The van der Waals surface area contributed by atoms with Crippen molar-refractivity contribution in [2.45, 2.75) is 43.9 Å². The Morgan fingerprint density at radius 1 is 1.33 bits per heavy atom. The topological polar surface area (TPSA) is 35.2 Å². The van der Waals surface area contributed by atoms with Crippen molar-refractivity contribution < 1.29 is 13.5 Å². The molecule has 4 atom stereocenters. The minimum absolute atomic E-state index is 0.156. The van der Waals surface area contributed by atoms with Crippen LogP contribution in [0.5, 0.6) is 0 Å². The van der Waals surface area contributed by atoms with Crippen molar-refractivity contribution in [3.05, 3.63) is 35.4 Å². The van der Waals surface area contributed by atoms with Gasteiger partial charge in [0.15, 0.2) is 11.6 Å². The van der Waals surface area contributed by atoms with Gasteiger partial charge in [-0.25, -0.2) is 8.78 Å². The number of halogens is 2. The van der Waals surface area contributed by atoms with Gasteiger partial charge in [-0.05, 0) is 37.3 Å². The van der Waals surface area contributed by atoms with E-state index in [4.69, 9.17) is 10.5 Å². The number of fused-ring (bicyclic) bond motifs is 2. The number of hydrogen-bond donors (Lipinski definition) is 1. The predicted octanol–water partition coefficient (Wildman–Crippen LogP) is 2.40. The van der Waals surface area contributed by atoms with Gasteiger partial charge in [0.2, 0.25) is 0 Å². The monoisotopic (exact) mass is 253 g/mol. The van der Waals surface area contributed by atoms with Crippen LogP contribution in [0.2, 0.25) is 0 Å². The number of rotatable bonds is 3. The molecule has 0 amide bonds. The molecular formula is C14H17F2NO. The standard InChI is InChI=1S/C14H17F2NO/c15-11-3-1-2-8(14(11)16)6-12(17)10-7-9-4-5-13(10)18-9/h1-3,9-10,12-13H,4-7,17H2. The summed E-state index contributed by atoms with van der Waals surface area (Å²) < 4.78 is 32.4. The molecule has 2 nitrogen and oxygen atoms in total. The van der Waals surface area contributed by atoms with Crippen LogP contribution in [-0.2, 0) is 11.2 Å². The van der Waals surface area contributed by atoms with Gasteiger partial charge in [0, 0.05) is 12.0 Å². The zero-order valence-electron chi connectivity index (χ0n) is 10.1. The Labute approximate surface area is 105 Å². The van der Waals surface area contributed by atoms with E-state index >= 15 is 0 Å². The summed E-state index contributed by atoms with van der Waals surface area (Å²) in [7, 11) is 0. The van der Waals surface area contributed by atoms with Crippen molar-refractivity contribution in [3.8, 4) is 0 Å². The lowest BCUT2D eigenvalue weighted by Gasteiger charge is -2.25. The van der Waals surface area contributed by atoms with E-state index in [1.165, 1.54) is 6.07 Å². The first kappa shape index (κ1) is 12.1. The Morgan fingerprint density at radius 3 is 2.83 bits per heavy atom. The van der Waals surface area contributed by atoms with Crippen molar-refractivity contribution in [1.29, 1.82) is 0 Å². The maximum absolute atomic E-state index is 13.6. The molecule has 1 aromatic carbocycles. The number of hydrogen-bond acceptors (Lipinski definition) is 2. The van der Waals surface area contributed by atoms with Gasteiger partial charge >= 0.3 is 0 Å². The van der Waals surface area contributed by atoms with E-state index in [1.54, 1.807) is 6.07 Å². The summed E-state index contributed by atoms with van der Waals surface area (Å²) in [5, 5.41) is 0. The number of benzene rings is 1. The highest BCUT2D eigenvalue weighted by atomic mass is 19.2. The molecule has 2 aliphatic heterocycles. The lowest BCUT2D eigenvalue weighted by Crippen LogP contribution is -2.38. The quantitative estimate of drug-likeness (QED) is 0.897. The van der Waals surface area contributed by atoms with E-state index in [0.717, 1.165) is 25.3 Å². The Morgan fingerprint density at radius 2 is 2.17 bits per heavy atom. The Balaban J connectivity index is 1.71. The summed E-state index contributed by atoms with van der Waals surface area (Å²) in [6.07, 6.45) is 4.06. The number of ether oxygens (including phenoxy) is 1. The van der Waals surface area contributed by atoms with E-state index in [9.17, 15) is 8.78 Å². The van der Waals surface area contributed by atoms with Gasteiger partial charge in [0.1, 0.15) is 0 Å². The van der Waals surface area contributed by atoms with Crippen LogP contribution in [0.1, 0.15) is 24.8 Å². The summed E-state index contributed by atoms with van der Waals surface area (Å²) in [6.45, 7) is 0. The fourth-order valence-corrected chi connectivity index (χ4v) is 3.24. The first-order chi connectivity index (χ1) is 8.65. The number of nitrogens with two attached hydrogens (primary N) is 1. The van der Waals surface area contributed by atoms with Crippen molar-refractivity contribution in [1.82, 2.24) is 0 Å². The smallest absolute Gasteiger partial charge is 0.162 e. The van der Waals surface area contributed by atoms with Crippen LogP contribution in [0.4, 0.5) is 8.78 Å². The summed E-state index contributed by atoms with van der Waals surface area (Å²) in [5.74, 6) is -1.28. The minimum atomic E-state index is -0.802. The lowest BCUT2D eigenvalue weighted by molar-refractivity contribution is 0.0884. The second kappa shape index (κ2) is 4.59. The van der Waals surface area contributed by atoms with E-state index in [0.29, 0.717) is 18.1 Å². The summed E-state index contributed by atoms with van der Waals surface area (Å²) in [4.78, 5) is 0. The van der Waals surface area contributed by atoms with Crippen molar-refractivity contribution in [2.24, 2.45) is 11.7 Å². The SMILES string of the molecule is NC(Cc1cccc(F)c1F)C1CC2CCC1O2. The van der Waals surface area contributed by atoms with Crippen LogP contribution >= 0.6 is 0 Å². The molecular weight excluding hydrogens is 236 g/mol. The molecule has 2 heterocycles. The molecule has 0 spiro atoms. The molecule has 3 rings (SSSR count). The molecule has 2 aliphatic rings. The molecule has 18 heavy (non-hydrogen) atoms. The molecule has 2 N–H and O–H groups in total. The third kappa shape index (κ3) is 2.04. The molecule has 2 bridgehead atoms. The normalized spacial score (nSPS) is 31.8. The van der Waals surface area contributed by atoms with E-state index in [1.807, 2.05) is 0 Å². The average molecular weight is 253 g/mol. The van der Waals surface area contributed by atoms with E-state index in [-0.39, 0.29) is 18.1 Å². The van der Waals surface area contributed by atoms with Crippen LogP contribution in [0.15, 0.2) is 18.2 Å². The summed E-state index contributed by atoms with van der Waals surface area (Å²) in [6, 6.07) is 4.10. The highest BCUT2D eigenvalue weighted by Gasteiger charge is 2.43. The van der Waals surface area contributed by atoms with Gasteiger partial charge < -0.3 is 10.5 Å². The maximum Gasteiger partial charge on any atom is 0.162 e. The van der Waals surface area contributed by atoms with Crippen molar-refractivity contribution >= 4 is 0 Å². The lowest BCUT2D eigenvalue weighted by atomic mass is 9.82. The van der Waals surface area contributed by atoms with Gasteiger partial charge in [0.05, 0.1) is 12.2 Å². The van der Waals surface area contributed by atoms with Crippen LogP contribution in [-0.4, -0.2) is 18.2 Å². The predicted molar refractivity (Wildman–Crippen MR) is 64.0 cm³/mol. The molecule has 0 radical (unpaired) electrons. The summed E-state index contributed by atoms with van der Waals surface area (Å²) >= 11 is 0. The van der Waals surface area contributed by atoms with Crippen LogP contribution in [0.3, 0.4) is 0 Å². The van der Waals surface area contributed by atoms with Gasteiger partial charge in [-0.3, -0.25) is 0 Å². The molecule has 0 aliphatic carbocycles. The van der Waals surface area contributed by atoms with Crippen LogP contribution in [0, 0.1) is 17.6 Å². The first-order valence-corrected chi connectivity index (χ1v) is 6.49. The van der Waals surface area contributed by atoms with Gasteiger partial charge in [-0.2, -0.15) is 0 Å². The molecule has 4 heteroatoms. The third-order valence-corrected chi connectivity index (χ3v) is 4.19. The fraction of sp³-hybridized carbons (Fsp3) is 0.571. The van der Waals surface area contributed by atoms with E-state index < -0.39 is 11.6 Å². The fourth-order valence-electron chi connectivity index (χ4n) is 3.24. The maximum atomic E-state index is 13.6. The van der Waals surface area contributed by atoms with Crippen LogP contribution < -0.4 is 5.73 Å². The van der Waals surface area contributed by atoms with Crippen molar-refractivity contribution in [3.63, 3.8) is 0 Å². The molecule has 0 aromatic heterocycles. The van der Waals surface area contributed by atoms with Gasteiger partial charge in [-0.15, -0.1) is 0 Å². The average Bonchev–Trinajstić information content (AvgIpc) is 2.97. The largest absolute Gasteiger partial charge is 0.375 e. The van der Waals surface area contributed by atoms with Crippen LogP contribution in [0.25, 0.3) is 0 Å². The highest BCUT2D eigenvalue weighted by molar-refractivity contribution is 5.20. The molecule has 2 saturated heterocycles. The zero-order valence-corrected chi connectivity index (χ0v) is 10.1. The first-order valence-electron chi connectivity index (χ1n) is 6.49. The Bertz CT molecular complexity index is 451. The Hall–Kier alpha value is -1.00. The van der Waals surface area contributed by atoms with Crippen molar-refractivity contribution in [2.75, 3.05) is 0 Å². The summed E-state index contributed by atoms with van der Waals surface area (Å²) in [5.41, 5.74) is 6.51. The Kier molecular flexibility index (Phi) is 3.08. The highest BCUT2D eigenvalue weighted by Crippen LogP contribution is 2.40. The second-order valence-electron chi connectivity index (χ2n) is 5.35. The molecule has 1 aromatic rings.